The van der Waals surface area contributed by atoms with Gasteiger partial charge in [-0.1, -0.05) is 18.7 Å². The van der Waals surface area contributed by atoms with Crippen molar-refractivity contribution in [1.82, 2.24) is 0 Å². The van der Waals surface area contributed by atoms with Gasteiger partial charge in [-0.3, -0.25) is 0 Å². The molecule has 0 fully saturated rings. The van der Waals surface area contributed by atoms with Crippen molar-refractivity contribution in [3.8, 4) is 5.75 Å². The molecule has 0 heterocycles. The van der Waals surface area contributed by atoms with Crippen molar-refractivity contribution in [3.63, 3.8) is 0 Å². The number of carbonyl (C=O) groups excluding carboxylic acids is 1. The zero-order valence-corrected chi connectivity index (χ0v) is 8.42. The lowest BCUT2D eigenvalue weighted by molar-refractivity contribution is -0.131. The van der Waals surface area contributed by atoms with Crippen molar-refractivity contribution in [1.29, 1.82) is 0 Å². The molecule has 16 heavy (non-hydrogen) atoms. The third-order valence-corrected chi connectivity index (χ3v) is 1.68. The van der Waals surface area contributed by atoms with E-state index in [4.69, 9.17) is 9.84 Å². The minimum absolute atomic E-state index is 0.386. The molecule has 0 saturated carbocycles. The van der Waals surface area contributed by atoms with E-state index in [1.54, 1.807) is 24.3 Å². The molecule has 4 nitrogen and oxygen atoms in total. The molecule has 4 heteroatoms. The van der Waals surface area contributed by atoms with Crippen molar-refractivity contribution in [2.24, 2.45) is 0 Å². The van der Waals surface area contributed by atoms with Gasteiger partial charge in [-0.25, -0.2) is 9.59 Å². The topological polar surface area (TPSA) is 63.6 Å². The molecule has 0 atom stereocenters. The molecule has 0 radical (unpaired) electrons. The van der Waals surface area contributed by atoms with Crippen molar-refractivity contribution in [3.05, 3.63) is 48.6 Å². The largest absolute Gasteiger partial charge is 0.478 e. The zero-order chi connectivity index (χ0) is 12.0. The molecule has 0 spiro atoms. The predicted octanol–water partition coefficient (Wildman–Crippen LogP) is 1.88. The Hall–Kier alpha value is -2.36. The van der Waals surface area contributed by atoms with Gasteiger partial charge in [0.1, 0.15) is 5.75 Å². The van der Waals surface area contributed by atoms with Crippen molar-refractivity contribution in [2.75, 3.05) is 0 Å². The first-order valence-corrected chi connectivity index (χ1v) is 4.47. The maximum absolute atomic E-state index is 10.8. The first-order valence-electron chi connectivity index (χ1n) is 4.47. The van der Waals surface area contributed by atoms with Crippen molar-refractivity contribution >= 4 is 18.0 Å². The molecule has 0 amide bonds. The lowest BCUT2D eigenvalue weighted by Crippen LogP contribution is -2.02. The summed E-state index contributed by atoms with van der Waals surface area (Å²) in [6, 6.07) is 6.43. The highest BCUT2D eigenvalue weighted by molar-refractivity contribution is 5.85. The third-order valence-electron chi connectivity index (χ3n) is 1.68. The van der Waals surface area contributed by atoms with E-state index >= 15 is 0 Å². The lowest BCUT2D eigenvalue weighted by Gasteiger charge is -2.00. The van der Waals surface area contributed by atoms with E-state index in [1.807, 2.05) is 0 Å². The summed E-state index contributed by atoms with van der Waals surface area (Å²) < 4.78 is 4.85. The highest BCUT2D eigenvalue weighted by atomic mass is 16.5. The maximum Gasteiger partial charge on any atom is 0.335 e. The Labute approximate surface area is 92.5 Å². The molecule has 1 N–H and O–H groups in total. The predicted molar refractivity (Wildman–Crippen MR) is 58.9 cm³/mol. The van der Waals surface area contributed by atoms with E-state index in [9.17, 15) is 9.59 Å². The van der Waals surface area contributed by atoms with Crippen LogP contribution in [0.3, 0.4) is 0 Å². The fourth-order valence-electron chi connectivity index (χ4n) is 0.972. The minimum Gasteiger partial charge on any atom is -0.478 e. The van der Waals surface area contributed by atoms with Gasteiger partial charge in [0.25, 0.3) is 0 Å². The van der Waals surface area contributed by atoms with Crippen LogP contribution >= 0.6 is 0 Å². The summed E-state index contributed by atoms with van der Waals surface area (Å²) in [6.45, 7) is 3.27. The molecule has 0 bridgehead atoms. The van der Waals surface area contributed by atoms with Crippen LogP contribution < -0.4 is 4.74 Å². The lowest BCUT2D eigenvalue weighted by atomic mass is 10.2. The number of carboxylic acids is 1. The van der Waals surface area contributed by atoms with E-state index in [0.717, 1.165) is 12.2 Å². The van der Waals surface area contributed by atoms with Crippen molar-refractivity contribution < 1.29 is 19.4 Å². The van der Waals surface area contributed by atoms with Crippen LogP contribution in [-0.4, -0.2) is 17.0 Å². The Morgan fingerprint density at radius 3 is 2.38 bits per heavy atom. The fraction of sp³-hybridized carbons (Fsp3) is 0. The van der Waals surface area contributed by atoms with Crippen LogP contribution in [0.2, 0.25) is 0 Å². The number of benzene rings is 1. The van der Waals surface area contributed by atoms with E-state index in [2.05, 4.69) is 6.58 Å². The quantitative estimate of drug-likeness (QED) is 0.476. The molecule has 0 saturated heterocycles. The Kier molecular flexibility index (Phi) is 4.03. The summed E-state index contributed by atoms with van der Waals surface area (Å²) in [7, 11) is 0. The first kappa shape index (κ1) is 11.7. The number of ether oxygens (including phenoxy) is 1. The molecule has 1 rings (SSSR count). The molecule has 0 aromatic heterocycles. The second kappa shape index (κ2) is 5.50. The van der Waals surface area contributed by atoms with E-state index < -0.39 is 11.9 Å². The van der Waals surface area contributed by atoms with Crippen LogP contribution in [0.25, 0.3) is 6.08 Å². The maximum atomic E-state index is 10.8. The van der Waals surface area contributed by atoms with Gasteiger partial charge in [-0.15, -0.1) is 0 Å². The smallest absolute Gasteiger partial charge is 0.335 e. The number of hydrogen-bond donors (Lipinski definition) is 1. The van der Waals surface area contributed by atoms with Gasteiger partial charge in [0.05, 0.1) is 0 Å². The second-order valence-corrected chi connectivity index (χ2v) is 2.87. The molecule has 0 aliphatic rings. The SMILES string of the molecule is C=CC(=O)Oc1ccc(/C=C/C(=O)O)cc1. The van der Waals surface area contributed by atoms with Gasteiger partial charge in [0.2, 0.25) is 0 Å². The molecule has 1 aromatic carbocycles. The number of carboxylic acid groups (broad SMARTS) is 1. The van der Waals surface area contributed by atoms with Crippen LogP contribution in [0, 0.1) is 0 Å². The first-order chi connectivity index (χ1) is 7.61. The highest BCUT2D eigenvalue weighted by Gasteiger charge is 1.98. The highest BCUT2D eigenvalue weighted by Crippen LogP contribution is 2.13. The average molecular weight is 218 g/mol. The summed E-state index contributed by atoms with van der Waals surface area (Å²) in [5.74, 6) is -1.16. The zero-order valence-electron chi connectivity index (χ0n) is 8.42. The Morgan fingerprint density at radius 2 is 1.88 bits per heavy atom. The standard InChI is InChI=1S/C12H10O4/c1-2-12(15)16-10-6-3-9(4-7-10)5-8-11(13)14/h2-8H,1H2,(H,13,14)/b8-5+. The third kappa shape index (κ3) is 3.79. The van der Waals surface area contributed by atoms with E-state index in [1.165, 1.54) is 6.08 Å². The van der Waals surface area contributed by atoms with Gasteiger partial charge in [-0.2, -0.15) is 0 Å². The monoisotopic (exact) mass is 218 g/mol. The normalized spacial score (nSPS) is 10.0. The molecule has 0 aliphatic heterocycles. The van der Waals surface area contributed by atoms with Gasteiger partial charge in [0.15, 0.2) is 0 Å². The molecule has 1 aromatic rings. The molecular formula is C12H10O4. The average Bonchev–Trinajstić information content (AvgIpc) is 2.28. The number of hydrogen-bond acceptors (Lipinski definition) is 3. The molecule has 82 valence electrons. The summed E-state index contributed by atoms with van der Waals surface area (Å²) in [4.78, 5) is 21.1. The van der Waals surface area contributed by atoms with Crippen LogP contribution in [-0.2, 0) is 9.59 Å². The van der Waals surface area contributed by atoms with Crippen molar-refractivity contribution in [2.45, 2.75) is 0 Å². The molecule has 0 aliphatic carbocycles. The van der Waals surface area contributed by atoms with E-state index in [0.29, 0.717) is 11.3 Å². The summed E-state index contributed by atoms with van der Waals surface area (Å²) >= 11 is 0. The number of carbonyl (C=O) groups is 2. The second-order valence-electron chi connectivity index (χ2n) is 2.87. The number of aliphatic carboxylic acids is 1. The minimum atomic E-state index is -1.01. The number of rotatable bonds is 4. The Balaban J connectivity index is 2.71. The Morgan fingerprint density at radius 1 is 1.25 bits per heavy atom. The summed E-state index contributed by atoms with van der Waals surface area (Å²) in [5, 5.41) is 8.41. The van der Waals surface area contributed by atoms with Gasteiger partial charge in [0, 0.05) is 12.2 Å². The van der Waals surface area contributed by atoms with Crippen LogP contribution in [0.5, 0.6) is 5.75 Å². The van der Waals surface area contributed by atoms with Gasteiger partial charge in [-0.05, 0) is 23.8 Å². The summed E-state index contributed by atoms with van der Waals surface area (Å²) in [6.07, 6.45) is 3.55. The Bertz CT molecular complexity index is 429. The van der Waals surface area contributed by atoms with Crippen LogP contribution in [0.1, 0.15) is 5.56 Å². The van der Waals surface area contributed by atoms with Crippen LogP contribution in [0.4, 0.5) is 0 Å². The molecule has 0 unspecified atom stereocenters. The molecular weight excluding hydrogens is 208 g/mol. The van der Waals surface area contributed by atoms with Gasteiger partial charge < -0.3 is 9.84 Å². The number of esters is 1. The summed E-state index contributed by atoms with van der Waals surface area (Å²) in [5.41, 5.74) is 0.709. The van der Waals surface area contributed by atoms with E-state index in [-0.39, 0.29) is 0 Å². The fourth-order valence-corrected chi connectivity index (χ4v) is 0.972. The van der Waals surface area contributed by atoms with Crippen LogP contribution in [0.15, 0.2) is 43.0 Å². The van der Waals surface area contributed by atoms with Gasteiger partial charge >= 0.3 is 11.9 Å².